The van der Waals surface area contributed by atoms with E-state index >= 15 is 0 Å². The van der Waals surface area contributed by atoms with Crippen molar-refractivity contribution in [2.45, 2.75) is 25.7 Å². The molecule has 1 atom stereocenters. The van der Waals surface area contributed by atoms with Crippen molar-refractivity contribution in [1.82, 2.24) is 4.90 Å². The van der Waals surface area contributed by atoms with Crippen LogP contribution in [0.1, 0.15) is 25.7 Å². The number of nitrogens with zero attached hydrogens (tertiary/aromatic N) is 1. The molecule has 2 rings (SSSR count). The molecule has 0 radical (unpaired) electrons. The molecule has 0 unspecified atom stereocenters. The summed E-state index contributed by atoms with van der Waals surface area (Å²) in [6.07, 6.45) is 5.85. The number of piperidine rings is 1. The molecule has 2 fully saturated rings. The highest BCUT2D eigenvalue weighted by atomic mass is 79.9. The number of halogens is 1. The summed E-state index contributed by atoms with van der Waals surface area (Å²) >= 11 is 3.59. The lowest BCUT2D eigenvalue weighted by atomic mass is 10.00. The van der Waals surface area contributed by atoms with Crippen molar-refractivity contribution in [3.8, 4) is 0 Å². The highest BCUT2D eigenvalue weighted by Gasteiger charge is 2.26. The van der Waals surface area contributed by atoms with Crippen LogP contribution in [0.2, 0.25) is 0 Å². The highest BCUT2D eigenvalue weighted by molar-refractivity contribution is 9.09. The number of likely N-dealkylation sites (tertiary alicyclic amines) is 1. The van der Waals surface area contributed by atoms with E-state index in [1.165, 1.54) is 50.6 Å². The summed E-state index contributed by atoms with van der Waals surface area (Å²) in [5, 5.41) is 1.20. The quantitative estimate of drug-likeness (QED) is 0.676. The van der Waals surface area contributed by atoms with Crippen LogP contribution < -0.4 is 0 Å². The van der Waals surface area contributed by atoms with Gasteiger partial charge >= 0.3 is 0 Å². The second-order valence-electron chi connectivity index (χ2n) is 4.37. The molecule has 0 spiro atoms. The minimum Gasteiger partial charge on any atom is -0.303 e. The van der Waals surface area contributed by atoms with Gasteiger partial charge in [-0.25, -0.2) is 0 Å². The van der Waals surface area contributed by atoms with Gasteiger partial charge in [-0.1, -0.05) is 15.9 Å². The van der Waals surface area contributed by atoms with Gasteiger partial charge in [0.25, 0.3) is 0 Å². The lowest BCUT2D eigenvalue weighted by molar-refractivity contribution is 0.180. The van der Waals surface area contributed by atoms with Crippen molar-refractivity contribution in [1.29, 1.82) is 0 Å². The molecule has 2 aliphatic rings. The molecule has 70 valence electrons. The molecule has 1 heterocycles. The standard InChI is InChI=1S/C10H18BrN/c11-6-10-2-1-5-12(8-10)7-9-3-4-9/h9-10H,1-8H2/t10-/m0/s1. The summed E-state index contributed by atoms with van der Waals surface area (Å²) in [5.41, 5.74) is 0. The lowest BCUT2D eigenvalue weighted by Crippen LogP contribution is -2.37. The van der Waals surface area contributed by atoms with Gasteiger partial charge in [-0.15, -0.1) is 0 Å². The fourth-order valence-corrected chi connectivity index (χ4v) is 2.64. The zero-order chi connectivity index (χ0) is 8.39. The molecule has 1 aliphatic carbocycles. The first kappa shape index (κ1) is 9.01. The zero-order valence-electron chi connectivity index (χ0n) is 7.64. The Balaban J connectivity index is 1.73. The predicted molar refractivity (Wildman–Crippen MR) is 55.7 cm³/mol. The minimum absolute atomic E-state index is 0.928. The molecule has 0 aromatic rings. The van der Waals surface area contributed by atoms with Gasteiger partial charge in [0.1, 0.15) is 0 Å². The molecule has 1 saturated heterocycles. The van der Waals surface area contributed by atoms with Gasteiger partial charge in [-0.05, 0) is 44.1 Å². The van der Waals surface area contributed by atoms with Crippen molar-refractivity contribution in [2.24, 2.45) is 11.8 Å². The molecular formula is C10H18BrN. The van der Waals surface area contributed by atoms with E-state index < -0.39 is 0 Å². The third-order valence-electron chi connectivity index (χ3n) is 3.03. The van der Waals surface area contributed by atoms with Gasteiger partial charge in [-0.3, -0.25) is 0 Å². The molecular weight excluding hydrogens is 214 g/mol. The highest BCUT2D eigenvalue weighted by Crippen LogP contribution is 2.31. The van der Waals surface area contributed by atoms with Crippen LogP contribution in [0.4, 0.5) is 0 Å². The maximum Gasteiger partial charge on any atom is 0.00718 e. The molecule has 1 saturated carbocycles. The van der Waals surface area contributed by atoms with E-state index in [0.29, 0.717) is 0 Å². The summed E-state index contributed by atoms with van der Waals surface area (Å²) in [5.74, 6) is 2.00. The topological polar surface area (TPSA) is 3.24 Å². The summed E-state index contributed by atoms with van der Waals surface area (Å²) < 4.78 is 0. The monoisotopic (exact) mass is 231 g/mol. The van der Waals surface area contributed by atoms with Crippen LogP contribution in [0.3, 0.4) is 0 Å². The first-order valence-corrected chi connectivity index (χ1v) is 6.29. The van der Waals surface area contributed by atoms with Crippen molar-refractivity contribution in [3.05, 3.63) is 0 Å². The smallest absolute Gasteiger partial charge is 0.00718 e. The van der Waals surface area contributed by atoms with E-state index in [1.807, 2.05) is 0 Å². The SMILES string of the molecule is BrC[C@@H]1CCCN(CC2CC2)C1. The van der Waals surface area contributed by atoms with E-state index in [9.17, 15) is 0 Å². The Morgan fingerprint density at radius 1 is 1.17 bits per heavy atom. The van der Waals surface area contributed by atoms with Crippen molar-refractivity contribution < 1.29 is 0 Å². The van der Waals surface area contributed by atoms with Crippen LogP contribution in [0.25, 0.3) is 0 Å². The average Bonchev–Trinajstić information content (AvgIpc) is 2.89. The van der Waals surface area contributed by atoms with E-state index in [1.54, 1.807) is 0 Å². The van der Waals surface area contributed by atoms with Crippen molar-refractivity contribution in [2.75, 3.05) is 25.0 Å². The first-order chi connectivity index (χ1) is 5.88. The summed E-state index contributed by atoms with van der Waals surface area (Å²) in [6.45, 7) is 4.10. The Morgan fingerprint density at radius 2 is 2.00 bits per heavy atom. The first-order valence-electron chi connectivity index (χ1n) is 5.17. The summed E-state index contributed by atoms with van der Waals surface area (Å²) in [4.78, 5) is 2.67. The van der Waals surface area contributed by atoms with E-state index in [4.69, 9.17) is 0 Å². The maximum absolute atomic E-state index is 3.59. The van der Waals surface area contributed by atoms with Gasteiger partial charge in [0.15, 0.2) is 0 Å². The van der Waals surface area contributed by atoms with Crippen LogP contribution in [-0.2, 0) is 0 Å². The van der Waals surface area contributed by atoms with Gasteiger partial charge in [0, 0.05) is 18.4 Å². The summed E-state index contributed by atoms with van der Waals surface area (Å²) in [6, 6.07) is 0. The Kier molecular flexibility index (Phi) is 3.08. The van der Waals surface area contributed by atoms with Crippen molar-refractivity contribution >= 4 is 15.9 Å². The van der Waals surface area contributed by atoms with Gasteiger partial charge in [-0.2, -0.15) is 0 Å². The average molecular weight is 232 g/mol. The Hall–Kier alpha value is 0.440. The molecule has 1 nitrogen and oxygen atoms in total. The van der Waals surface area contributed by atoms with E-state index in [-0.39, 0.29) is 0 Å². The van der Waals surface area contributed by atoms with Crippen LogP contribution in [0.5, 0.6) is 0 Å². The molecule has 0 aromatic carbocycles. The lowest BCUT2D eigenvalue weighted by Gasteiger charge is -2.31. The zero-order valence-corrected chi connectivity index (χ0v) is 9.22. The molecule has 0 N–H and O–H groups in total. The van der Waals surface area contributed by atoms with Crippen LogP contribution in [0, 0.1) is 11.8 Å². The second-order valence-corrected chi connectivity index (χ2v) is 5.01. The van der Waals surface area contributed by atoms with Crippen LogP contribution in [-0.4, -0.2) is 29.9 Å². The third kappa shape index (κ3) is 2.46. The number of rotatable bonds is 3. The largest absolute Gasteiger partial charge is 0.303 e. The predicted octanol–water partition coefficient (Wildman–Crippen LogP) is 2.50. The second kappa shape index (κ2) is 4.10. The van der Waals surface area contributed by atoms with E-state index in [2.05, 4.69) is 20.8 Å². The van der Waals surface area contributed by atoms with Gasteiger partial charge < -0.3 is 4.90 Å². The van der Waals surface area contributed by atoms with Gasteiger partial charge in [0.05, 0.1) is 0 Å². The molecule has 1 aliphatic heterocycles. The molecule has 2 heteroatoms. The number of alkyl halides is 1. The van der Waals surface area contributed by atoms with Crippen LogP contribution >= 0.6 is 15.9 Å². The molecule has 12 heavy (non-hydrogen) atoms. The number of hydrogen-bond donors (Lipinski definition) is 0. The van der Waals surface area contributed by atoms with E-state index in [0.717, 1.165) is 11.8 Å². The van der Waals surface area contributed by atoms with Gasteiger partial charge in [0.2, 0.25) is 0 Å². The Bertz CT molecular complexity index is 145. The third-order valence-corrected chi connectivity index (χ3v) is 3.95. The normalized spacial score (nSPS) is 32.2. The Morgan fingerprint density at radius 3 is 2.67 bits per heavy atom. The molecule has 0 bridgehead atoms. The fourth-order valence-electron chi connectivity index (χ4n) is 2.11. The fraction of sp³-hybridized carbons (Fsp3) is 1.00. The summed E-state index contributed by atoms with van der Waals surface area (Å²) in [7, 11) is 0. The number of hydrogen-bond acceptors (Lipinski definition) is 1. The van der Waals surface area contributed by atoms with Crippen LogP contribution in [0.15, 0.2) is 0 Å². The molecule has 0 amide bonds. The Labute approximate surface area is 83.6 Å². The molecule has 0 aromatic heterocycles. The van der Waals surface area contributed by atoms with Crippen molar-refractivity contribution in [3.63, 3.8) is 0 Å². The minimum atomic E-state index is 0.928. The maximum atomic E-state index is 3.59.